The maximum Gasteiger partial charge on any atom is 0.336 e. The van der Waals surface area contributed by atoms with E-state index in [9.17, 15) is 4.79 Å². The predicted octanol–water partition coefficient (Wildman–Crippen LogP) is 4.92. The van der Waals surface area contributed by atoms with Crippen molar-refractivity contribution in [3.63, 3.8) is 0 Å². The van der Waals surface area contributed by atoms with E-state index in [2.05, 4.69) is 48.3 Å². The summed E-state index contributed by atoms with van der Waals surface area (Å²) in [5, 5.41) is 1.05. The van der Waals surface area contributed by atoms with Crippen LogP contribution in [0.15, 0.2) is 51.7 Å². The molecule has 1 aliphatic carbocycles. The smallest absolute Gasteiger partial charge is 0.336 e. The fraction of sp³-hybridized carbons (Fsp3) is 0.348. The standard InChI is InChI=1S/C23H25NO2/c1-15-11-12-20-18(13-22(25)26-23(20)16(15)2)14-24(3)21-10-6-8-17-7-4-5-9-19(17)21/h4-5,7,9,11-13,21H,6,8,10,14H2,1-3H3. The van der Waals surface area contributed by atoms with Crippen molar-refractivity contribution < 1.29 is 4.42 Å². The van der Waals surface area contributed by atoms with Gasteiger partial charge in [-0.05, 0) is 68.0 Å². The molecule has 1 atom stereocenters. The molecule has 0 fully saturated rings. The molecule has 1 unspecified atom stereocenters. The Kier molecular flexibility index (Phi) is 4.41. The fourth-order valence-electron chi connectivity index (χ4n) is 4.22. The van der Waals surface area contributed by atoms with Crippen molar-refractivity contribution in [2.45, 2.75) is 45.7 Å². The maximum absolute atomic E-state index is 12.1. The third kappa shape index (κ3) is 2.97. The first-order valence-corrected chi connectivity index (χ1v) is 9.35. The summed E-state index contributed by atoms with van der Waals surface area (Å²) in [6, 6.07) is 15.0. The molecular formula is C23H25NO2. The van der Waals surface area contributed by atoms with Gasteiger partial charge in [0.1, 0.15) is 5.58 Å². The number of fused-ring (bicyclic) bond motifs is 2. The number of rotatable bonds is 3. The lowest BCUT2D eigenvalue weighted by Gasteiger charge is -2.33. The molecule has 26 heavy (non-hydrogen) atoms. The second-order valence-corrected chi connectivity index (χ2v) is 7.50. The van der Waals surface area contributed by atoms with Gasteiger partial charge in [-0.15, -0.1) is 0 Å². The molecule has 0 N–H and O–H groups in total. The number of aryl methyl sites for hydroxylation is 3. The van der Waals surface area contributed by atoms with Crippen molar-refractivity contribution in [3.05, 3.63) is 80.7 Å². The van der Waals surface area contributed by atoms with E-state index in [4.69, 9.17) is 4.42 Å². The van der Waals surface area contributed by atoms with Crippen molar-refractivity contribution in [3.8, 4) is 0 Å². The summed E-state index contributed by atoms with van der Waals surface area (Å²) in [5.74, 6) is 0. The molecule has 0 saturated heterocycles. The van der Waals surface area contributed by atoms with Gasteiger partial charge in [0.25, 0.3) is 0 Å². The van der Waals surface area contributed by atoms with Crippen LogP contribution in [0.5, 0.6) is 0 Å². The Hall–Kier alpha value is -2.39. The first-order chi connectivity index (χ1) is 12.5. The molecule has 2 aromatic carbocycles. The van der Waals surface area contributed by atoms with Gasteiger partial charge >= 0.3 is 5.63 Å². The zero-order valence-electron chi connectivity index (χ0n) is 15.7. The number of hydrogen-bond acceptors (Lipinski definition) is 3. The molecule has 3 heteroatoms. The Morgan fingerprint density at radius 2 is 1.96 bits per heavy atom. The van der Waals surface area contributed by atoms with Crippen molar-refractivity contribution in [1.29, 1.82) is 0 Å². The summed E-state index contributed by atoms with van der Waals surface area (Å²) in [6.07, 6.45) is 3.53. The topological polar surface area (TPSA) is 33.5 Å². The Balaban J connectivity index is 1.72. The van der Waals surface area contributed by atoms with Gasteiger partial charge in [-0.1, -0.05) is 36.4 Å². The van der Waals surface area contributed by atoms with E-state index in [1.807, 2.05) is 13.8 Å². The molecular weight excluding hydrogens is 322 g/mol. The number of nitrogens with zero attached hydrogens (tertiary/aromatic N) is 1. The van der Waals surface area contributed by atoms with E-state index in [1.54, 1.807) is 6.07 Å². The highest BCUT2D eigenvalue weighted by molar-refractivity contribution is 5.83. The van der Waals surface area contributed by atoms with Crippen molar-refractivity contribution in [2.24, 2.45) is 0 Å². The highest BCUT2D eigenvalue weighted by Crippen LogP contribution is 2.35. The molecule has 3 nitrogen and oxygen atoms in total. The van der Waals surface area contributed by atoms with Gasteiger partial charge in [0.05, 0.1) is 0 Å². The Bertz CT molecular complexity index is 1020. The van der Waals surface area contributed by atoms with Gasteiger partial charge in [-0.2, -0.15) is 0 Å². The van der Waals surface area contributed by atoms with Crippen LogP contribution in [-0.4, -0.2) is 11.9 Å². The SMILES string of the molecule is Cc1ccc2c(CN(C)C3CCCc4ccccc43)cc(=O)oc2c1C. The lowest BCUT2D eigenvalue weighted by Crippen LogP contribution is -2.27. The lowest BCUT2D eigenvalue weighted by atomic mass is 9.87. The minimum atomic E-state index is -0.265. The molecule has 4 rings (SSSR count). The van der Waals surface area contributed by atoms with E-state index in [1.165, 1.54) is 17.5 Å². The molecule has 3 aromatic rings. The summed E-state index contributed by atoms with van der Waals surface area (Å²) in [5.41, 5.74) is 6.59. The fourth-order valence-corrected chi connectivity index (χ4v) is 4.22. The molecule has 0 saturated carbocycles. The molecule has 0 radical (unpaired) electrons. The zero-order chi connectivity index (χ0) is 18.3. The van der Waals surface area contributed by atoms with Crippen LogP contribution in [0.25, 0.3) is 11.0 Å². The largest absolute Gasteiger partial charge is 0.422 e. The van der Waals surface area contributed by atoms with E-state index in [0.717, 1.165) is 47.0 Å². The van der Waals surface area contributed by atoms with Crippen LogP contribution in [0.2, 0.25) is 0 Å². The highest BCUT2D eigenvalue weighted by Gasteiger charge is 2.24. The number of benzene rings is 2. The van der Waals surface area contributed by atoms with Crippen molar-refractivity contribution in [1.82, 2.24) is 4.90 Å². The molecule has 0 bridgehead atoms. The average Bonchev–Trinajstić information content (AvgIpc) is 2.64. The Labute approximate surface area is 154 Å². The third-order valence-electron chi connectivity index (χ3n) is 5.81. The van der Waals surface area contributed by atoms with Crippen LogP contribution in [0.1, 0.15) is 46.7 Å². The van der Waals surface area contributed by atoms with E-state index in [-0.39, 0.29) is 5.63 Å². The van der Waals surface area contributed by atoms with Crippen LogP contribution in [0, 0.1) is 13.8 Å². The summed E-state index contributed by atoms with van der Waals surface area (Å²) < 4.78 is 5.52. The zero-order valence-corrected chi connectivity index (χ0v) is 15.7. The quantitative estimate of drug-likeness (QED) is 0.631. The van der Waals surface area contributed by atoms with Gasteiger partial charge in [-0.25, -0.2) is 4.79 Å². The molecule has 0 amide bonds. The van der Waals surface area contributed by atoms with Crippen LogP contribution in [0.3, 0.4) is 0 Å². The molecule has 0 spiro atoms. The van der Waals surface area contributed by atoms with Crippen molar-refractivity contribution >= 4 is 11.0 Å². The van der Waals surface area contributed by atoms with Gasteiger partial charge in [0.2, 0.25) is 0 Å². The summed E-state index contributed by atoms with van der Waals surface area (Å²) in [7, 11) is 2.16. The Morgan fingerprint density at radius 1 is 1.15 bits per heavy atom. The highest BCUT2D eigenvalue weighted by atomic mass is 16.4. The summed E-state index contributed by atoms with van der Waals surface area (Å²) in [4.78, 5) is 14.5. The van der Waals surface area contributed by atoms with Gasteiger partial charge in [0, 0.05) is 24.0 Å². The van der Waals surface area contributed by atoms with Crippen molar-refractivity contribution in [2.75, 3.05) is 7.05 Å². The second-order valence-electron chi connectivity index (χ2n) is 7.50. The molecule has 134 valence electrons. The molecule has 0 aliphatic heterocycles. The monoisotopic (exact) mass is 347 g/mol. The van der Waals surface area contributed by atoms with E-state index < -0.39 is 0 Å². The van der Waals surface area contributed by atoms with E-state index in [0.29, 0.717) is 6.04 Å². The Morgan fingerprint density at radius 3 is 2.81 bits per heavy atom. The predicted molar refractivity (Wildman–Crippen MR) is 106 cm³/mol. The lowest BCUT2D eigenvalue weighted by molar-refractivity contribution is 0.213. The number of hydrogen-bond donors (Lipinski definition) is 0. The minimum Gasteiger partial charge on any atom is -0.422 e. The van der Waals surface area contributed by atoms with E-state index >= 15 is 0 Å². The van der Waals surface area contributed by atoms with Gasteiger partial charge in [-0.3, -0.25) is 4.90 Å². The molecule has 1 aliphatic rings. The summed E-state index contributed by atoms with van der Waals surface area (Å²) >= 11 is 0. The van der Waals surface area contributed by atoms with Gasteiger partial charge in [0.15, 0.2) is 0 Å². The molecule has 1 heterocycles. The van der Waals surface area contributed by atoms with Gasteiger partial charge < -0.3 is 4.42 Å². The first kappa shape index (κ1) is 17.0. The second kappa shape index (κ2) is 6.73. The normalized spacial score (nSPS) is 16.8. The van der Waals surface area contributed by atoms with Crippen LogP contribution < -0.4 is 5.63 Å². The first-order valence-electron chi connectivity index (χ1n) is 9.35. The minimum absolute atomic E-state index is 0.265. The van der Waals surface area contributed by atoms with Crippen LogP contribution in [-0.2, 0) is 13.0 Å². The third-order valence-corrected chi connectivity index (χ3v) is 5.81. The van der Waals surface area contributed by atoms with Crippen LogP contribution in [0.4, 0.5) is 0 Å². The molecule has 1 aromatic heterocycles. The van der Waals surface area contributed by atoms with Crippen LogP contribution >= 0.6 is 0 Å². The maximum atomic E-state index is 12.1. The average molecular weight is 347 g/mol. The summed E-state index contributed by atoms with van der Waals surface area (Å²) in [6.45, 7) is 4.81.